The highest BCUT2D eigenvalue weighted by Gasteiger charge is 2.28. The predicted octanol–water partition coefficient (Wildman–Crippen LogP) is 0.922. The second-order valence-corrected chi connectivity index (χ2v) is 3.85. The maximum absolute atomic E-state index is 5.68. The summed E-state index contributed by atoms with van der Waals surface area (Å²) in [6.07, 6.45) is 0. The van der Waals surface area contributed by atoms with Crippen LogP contribution < -0.4 is 10.5 Å². The SMILES string of the molecule is Cn1nc(C2COc3ccccc32)nc1N. The van der Waals surface area contributed by atoms with Gasteiger partial charge in [-0.15, -0.1) is 0 Å². The molecule has 0 radical (unpaired) electrons. The van der Waals surface area contributed by atoms with Crippen LogP contribution in [-0.4, -0.2) is 21.4 Å². The van der Waals surface area contributed by atoms with Crippen LogP contribution in [0.4, 0.5) is 5.95 Å². The molecule has 0 aliphatic carbocycles. The molecule has 3 rings (SSSR count). The van der Waals surface area contributed by atoms with Crippen molar-refractivity contribution in [1.29, 1.82) is 0 Å². The van der Waals surface area contributed by atoms with Crippen LogP contribution in [0.5, 0.6) is 5.75 Å². The molecule has 1 atom stereocenters. The Balaban J connectivity index is 2.04. The van der Waals surface area contributed by atoms with Crippen molar-refractivity contribution in [1.82, 2.24) is 14.8 Å². The third-order valence-electron chi connectivity index (χ3n) is 2.82. The largest absolute Gasteiger partial charge is 0.492 e. The van der Waals surface area contributed by atoms with Crippen molar-refractivity contribution in [2.24, 2.45) is 7.05 Å². The number of ether oxygens (including phenoxy) is 1. The van der Waals surface area contributed by atoms with Crippen molar-refractivity contribution in [2.45, 2.75) is 5.92 Å². The second kappa shape index (κ2) is 3.23. The molecule has 0 spiro atoms. The zero-order chi connectivity index (χ0) is 11.1. The molecule has 0 bridgehead atoms. The molecule has 0 saturated heterocycles. The van der Waals surface area contributed by atoms with Gasteiger partial charge in [0, 0.05) is 12.6 Å². The number of para-hydroxylation sites is 1. The van der Waals surface area contributed by atoms with Crippen LogP contribution in [-0.2, 0) is 7.05 Å². The molecule has 1 aliphatic heterocycles. The molecule has 1 aromatic carbocycles. The van der Waals surface area contributed by atoms with E-state index >= 15 is 0 Å². The monoisotopic (exact) mass is 216 g/mol. The Morgan fingerprint density at radius 2 is 2.25 bits per heavy atom. The van der Waals surface area contributed by atoms with Gasteiger partial charge in [0.15, 0.2) is 5.82 Å². The van der Waals surface area contributed by atoms with Gasteiger partial charge in [0.2, 0.25) is 5.95 Å². The van der Waals surface area contributed by atoms with E-state index in [1.54, 1.807) is 11.7 Å². The molecule has 82 valence electrons. The van der Waals surface area contributed by atoms with E-state index in [4.69, 9.17) is 10.5 Å². The summed E-state index contributed by atoms with van der Waals surface area (Å²) in [6.45, 7) is 0.586. The maximum Gasteiger partial charge on any atom is 0.218 e. The number of hydrogen-bond acceptors (Lipinski definition) is 4. The zero-order valence-corrected chi connectivity index (χ0v) is 8.92. The van der Waals surface area contributed by atoms with Crippen molar-refractivity contribution in [3.8, 4) is 5.75 Å². The fourth-order valence-electron chi connectivity index (χ4n) is 1.94. The molecule has 1 aromatic heterocycles. The molecule has 2 N–H and O–H groups in total. The van der Waals surface area contributed by atoms with Crippen LogP contribution >= 0.6 is 0 Å². The normalized spacial score (nSPS) is 18.2. The molecule has 5 heteroatoms. The van der Waals surface area contributed by atoms with E-state index in [-0.39, 0.29) is 5.92 Å². The summed E-state index contributed by atoms with van der Waals surface area (Å²) in [6, 6.07) is 7.95. The van der Waals surface area contributed by atoms with Gasteiger partial charge < -0.3 is 10.5 Å². The van der Waals surface area contributed by atoms with Crippen LogP contribution in [0.2, 0.25) is 0 Å². The van der Waals surface area contributed by atoms with Gasteiger partial charge in [0.25, 0.3) is 0 Å². The minimum absolute atomic E-state index is 0.0969. The molecular formula is C11H12N4O. The number of fused-ring (bicyclic) bond motifs is 1. The van der Waals surface area contributed by atoms with Crippen molar-refractivity contribution in [3.63, 3.8) is 0 Å². The van der Waals surface area contributed by atoms with Crippen LogP contribution in [0, 0.1) is 0 Å². The van der Waals surface area contributed by atoms with E-state index in [1.165, 1.54) is 0 Å². The van der Waals surface area contributed by atoms with E-state index in [1.807, 2.05) is 24.3 Å². The van der Waals surface area contributed by atoms with Gasteiger partial charge in [-0.1, -0.05) is 18.2 Å². The summed E-state index contributed by atoms with van der Waals surface area (Å²) in [5.41, 5.74) is 6.81. The lowest BCUT2D eigenvalue weighted by Gasteiger charge is -2.02. The average molecular weight is 216 g/mol. The summed E-state index contributed by atoms with van der Waals surface area (Å²) in [7, 11) is 1.79. The smallest absolute Gasteiger partial charge is 0.218 e. The Morgan fingerprint density at radius 1 is 1.44 bits per heavy atom. The molecule has 0 amide bonds. The summed E-state index contributed by atoms with van der Waals surface area (Å²) < 4.78 is 7.16. The van der Waals surface area contributed by atoms with Gasteiger partial charge in [-0.2, -0.15) is 10.1 Å². The summed E-state index contributed by atoms with van der Waals surface area (Å²) in [4.78, 5) is 4.24. The van der Waals surface area contributed by atoms with Crippen molar-refractivity contribution >= 4 is 5.95 Å². The lowest BCUT2D eigenvalue weighted by molar-refractivity contribution is 0.339. The Kier molecular flexibility index (Phi) is 1.86. The van der Waals surface area contributed by atoms with Crippen LogP contribution in [0.25, 0.3) is 0 Å². The van der Waals surface area contributed by atoms with E-state index in [0.717, 1.165) is 17.1 Å². The first-order valence-corrected chi connectivity index (χ1v) is 5.14. The quantitative estimate of drug-likeness (QED) is 0.769. The second-order valence-electron chi connectivity index (χ2n) is 3.85. The van der Waals surface area contributed by atoms with E-state index < -0.39 is 0 Å². The maximum atomic E-state index is 5.68. The number of aromatic nitrogens is 3. The van der Waals surface area contributed by atoms with Crippen LogP contribution in [0.15, 0.2) is 24.3 Å². The van der Waals surface area contributed by atoms with Gasteiger partial charge in [0.1, 0.15) is 12.4 Å². The van der Waals surface area contributed by atoms with Gasteiger partial charge in [-0.25, -0.2) is 4.68 Å². The third-order valence-corrected chi connectivity index (χ3v) is 2.82. The summed E-state index contributed by atoms with van der Waals surface area (Å²) in [5.74, 6) is 2.17. The molecule has 0 saturated carbocycles. The van der Waals surface area contributed by atoms with Crippen molar-refractivity contribution in [3.05, 3.63) is 35.7 Å². The van der Waals surface area contributed by atoms with Crippen molar-refractivity contribution in [2.75, 3.05) is 12.3 Å². The van der Waals surface area contributed by atoms with Gasteiger partial charge in [-0.05, 0) is 6.07 Å². The molecule has 5 nitrogen and oxygen atoms in total. The molecule has 2 heterocycles. The number of nitrogens with zero attached hydrogens (tertiary/aromatic N) is 3. The molecule has 1 aliphatic rings. The third kappa shape index (κ3) is 1.25. The Bertz CT molecular complexity index is 515. The van der Waals surface area contributed by atoms with E-state index in [2.05, 4.69) is 10.1 Å². The first-order valence-electron chi connectivity index (χ1n) is 5.14. The van der Waals surface area contributed by atoms with Crippen LogP contribution in [0.3, 0.4) is 0 Å². The van der Waals surface area contributed by atoms with E-state index in [9.17, 15) is 0 Å². The number of benzene rings is 1. The number of hydrogen-bond donors (Lipinski definition) is 1. The van der Waals surface area contributed by atoms with Gasteiger partial charge >= 0.3 is 0 Å². The fourth-order valence-corrected chi connectivity index (χ4v) is 1.94. The molecule has 16 heavy (non-hydrogen) atoms. The summed E-state index contributed by atoms with van der Waals surface area (Å²) in [5, 5.41) is 4.29. The fraction of sp³-hybridized carbons (Fsp3) is 0.273. The predicted molar refractivity (Wildman–Crippen MR) is 59.2 cm³/mol. The molecule has 1 unspecified atom stereocenters. The Hall–Kier alpha value is -2.04. The zero-order valence-electron chi connectivity index (χ0n) is 8.92. The number of nitrogen functional groups attached to an aromatic ring is 1. The van der Waals surface area contributed by atoms with Crippen LogP contribution in [0.1, 0.15) is 17.3 Å². The highest BCUT2D eigenvalue weighted by molar-refractivity contribution is 5.43. The average Bonchev–Trinajstić information content (AvgIpc) is 2.83. The molecular weight excluding hydrogens is 204 g/mol. The number of rotatable bonds is 1. The molecule has 0 fully saturated rings. The Morgan fingerprint density at radius 3 is 3.00 bits per heavy atom. The number of nitrogens with two attached hydrogens (primary N) is 1. The molecule has 2 aromatic rings. The van der Waals surface area contributed by atoms with Gasteiger partial charge in [0.05, 0.1) is 5.92 Å². The summed E-state index contributed by atoms with van der Waals surface area (Å²) >= 11 is 0. The minimum atomic E-state index is 0.0969. The highest BCUT2D eigenvalue weighted by atomic mass is 16.5. The first kappa shape index (κ1) is 9.21. The van der Waals surface area contributed by atoms with Gasteiger partial charge in [-0.3, -0.25) is 0 Å². The minimum Gasteiger partial charge on any atom is -0.492 e. The number of anilines is 1. The lowest BCUT2D eigenvalue weighted by Crippen LogP contribution is -2.05. The highest BCUT2D eigenvalue weighted by Crippen LogP contribution is 2.36. The Labute approximate surface area is 92.9 Å². The topological polar surface area (TPSA) is 66.0 Å². The standard InChI is InChI=1S/C11H12N4O/c1-15-11(12)13-10(14-15)8-6-16-9-5-3-2-4-7(8)9/h2-5,8H,6H2,1H3,(H2,12,13,14). The van der Waals surface area contributed by atoms with E-state index in [0.29, 0.717) is 12.6 Å². The first-order chi connectivity index (χ1) is 7.75. The lowest BCUT2D eigenvalue weighted by atomic mass is 10.0. The number of aryl methyl sites for hydroxylation is 1. The van der Waals surface area contributed by atoms with Crippen molar-refractivity contribution < 1.29 is 4.74 Å².